The zero-order chi connectivity index (χ0) is 11.6. The van der Waals surface area contributed by atoms with Crippen LogP contribution in [-0.2, 0) is 16.6 Å². The van der Waals surface area contributed by atoms with Crippen LogP contribution in [-0.4, -0.2) is 21.7 Å². The highest BCUT2D eigenvalue weighted by Gasteiger charge is 2.15. The minimum atomic E-state index is -3.35. The van der Waals surface area contributed by atoms with Crippen LogP contribution in [0.25, 0.3) is 0 Å². The molecule has 0 heterocycles. The van der Waals surface area contributed by atoms with Crippen LogP contribution in [0.2, 0.25) is 0 Å². The van der Waals surface area contributed by atoms with Crippen molar-refractivity contribution < 1.29 is 12.8 Å². The average molecular weight is 269 g/mol. The lowest BCUT2D eigenvalue weighted by atomic mass is 10.2. The summed E-state index contributed by atoms with van der Waals surface area (Å²) in [6.45, 7) is 0.0902. The second-order valence-electron chi connectivity index (χ2n) is 3.21. The molecule has 0 aliphatic carbocycles. The fourth-order valence-corrected chi connectivity index (χ4v) is 1.74. The van der Waals surface area contributed by atoms with Crippen molar-refractivity contribution in [3.05, 3.63) is 29.6 Å². The van der Waals surface area contributed by atoms with E-state index in [1.165, 1.54) is 25.2 Å². The third-order valence-electron chi connectivity index (χ3n) is 2.10. The van der Waals surface area contributed by atoms with Gasteiger partial charge in [-0.1, -0.05) is 0 Å². The molecule has 0 radical (unpaired) electrons. The number of anilines is 1. The summed E-state index contributed by atoms with van der Waals surface area (Å²) in [6.07, 6.45) is 1.08. The first-order valence-electron chi connectivity index (χ1n) is 4.28. The molecule has 0 aliphatic rings. The summed E-state index contributed by atoms with van der Waals surface area (Å²) in [6, 6.07) is 3.84. The minimum absolute atomic E-state index is 0. The average Bonchev–Trinajstić information content (AvgIpc) is 2.15. The highest BCUT2D eigenvalue weighted by molar-refractivity contribution is 7.92. The first-order chi connectivity index (χ1) is 6.86. The summed E-state index contributed by atoms with van der Waals surface area (Å²) in [5.74, 6) is -0.430. The third-order valence-corrected chi connectivity index (χ3v) is 3.29. The van der Waals surface area contributed by atoms with Crippen LogP contribution in [0.15, 0.2) is 18.2 Å². The Balaban J connectivity index is 0.00000225. The van der Waals surface area contributed by atoms with E-state index in [1.54, 1.807) is 0 Å². The standard InChI is InChI=1S/C9H13FN2O2S.ClH/c1-12(15(2,13)14)9-4-3-8(10)5-7(9)6-11;/h3-5H,6,11H2,1-2H3;1H. The molecular formula is C9H14ClFN2O2S. The smallest absolute Gasteiger partial charge is 0.232 e. The molecule has 0 saturated carbocycles. The highest BCUT2D eigenvalue weighted by atomic mass is 35.5. The van der Waals surface area contributed by atoms with Gasteiger partial charge < -0.3 is 5.73 Å². The van der Waals surface area contributed by atoms with Gasteiger partial charge in [0.1, 0.15) is 5.82 Å². The number of sulfonamides is 1. The summed E-state index contributed by atoms with van der Waals surface area (Å²) >= 11 is 0. The van der Waals surface area contributed by atoms with Gasteiger partial charge in [-0.3, -0.25) is 4.31 Å². The van der Waals surface area contributed by atoms with Gasteiger partial charge in [-0.15, -0.1) is 12.4 Å². The van der Waals surface area contributed by atoms with E-state index in [0.29, 0.717) is 11.3 Å². The molecule has 7 heteroatoms. The number of hydrogen-bond acceptors (Lipinski definition) is 3. The van der Waals surface area contributed by atoms with Gasteiger partial charge in [0.15, 0.2) is 0 Å². The van der Waals surface area contributed by atoms with E-state index < -0.39 is 15.8 Å². The van der Waals surface area contributed by atoms with Crippen LogP contribution in [0.1, 0.15) is 5.56 Å². The topological polar surface area (TPSA) is 63.4 Å². The second kappa shape index (κ2) is 5.47. The van der Waals surface area contributed by atoms with E-state index in [0.717, 1.165) is 10.6 Å². The molecule has 0 fully saturated rings. The number of benzene rings is 1. The Morgan fingerprint density at radius 1 is 1.44 bits per heavy atom. The van der Waals surface area contributed by atoms with Crippen molar-refractivity contribution in [1.82, 2.24) is 0 Å². The normalized spacial score (nSPS) is 10.8. The van der Waals surface area contributed by atoms with Crippen molar-refractivity contribution in [2.75, 3.05) is 17.6 Å². The molecular weight excluding hydrogens is 255 g/mol. The number of nitrogens with zero attached hydrogens (tertiary/aromatic N) is 1. The zero-order valence-electron chi connectivity index (χ0n) is 8.97. The molecule has 0 bridgehead atoms. The molecule has 0 amide bonds. The monoisotopic (exact) mass is 268 g/mol. The van der Waals surface area contributed by atoms with E-state index in [9.17, 15) is 12.8 Å². The van der Waals surface area contributed by atoms with E-state index in [2.05, 4.69) is 0 Å². The summed E-state index contributed by atoms with van der Waals surface area (Å²) in [5, 5.41) is 0. The largest absolute Gasteiger partial charge is 0.326 e. The molecule has 0 aliphatic heterocycles. The van der Waals surface area contributed by atoms with Crippen molar-refractivity contribution in [3.8, 4) is 0 Å². The first kappa shape index (κ1) is 15.2. The number of nitrogens with two attached hydrogens (primary N) is 1. The van der Waals surface area contributed by atoms with Crippen LogP contribution in [0.3, 0.4) is 0 Å². The van der Waals surface area contributed by atoms with E-state index >= 15 is 0 Å². The predicted molar refractivity (Wildman–Crippen MR) is 64.8 cm³/mol. The quantitative estimate of drug-likeness (QED) is 0.893. The molecule has 0 unspecified atom stereocenters. The van der Waals surface area contributed by atoms with Crippen LogP contribution in [0.4, 0.5) is 10.1 Å². The van der Waals surface area contributed by atoms with Crippen LogP contribution >= 0.6 is 12.4 Å². The molecule has 4 nitrogen and oxygen atoms in total. The maximum Gasteiger partial charge on any atom is 0.232 e. The maximum absolute atomic E-state index is 12.9. The predicted octanol–water partition coefficient (Wildman–Crippen LogP) is 1.10. The molecule has 1 rings (SSSR count). The van der Waals surface area contributed by atoms with E-state index in [-0.39, 0.29) is 19.0 Å². The summed E-state index contributed by atoms with van der Waals surface area (Å²) < 4.78 is 36.5. The summed E-state index contributed by atoms with van der Waals surface area (Å²) in [5.41, 5.74) is 6.28. The van der Waals surface area contributed by atoms with Gasteiger partial charge in [0.2, 0.25) is 10.0 Å². The fourth-order valence-electron chi connectivity index (χ4n) is 1.20. The van der Waals surface area contributed by atoms with Crippen molar-refractivity contribution >= 4 is 28.1 Å². The molecule has 0 atom stereocenters. The van der Waals surface area contributed by atoms with Gasteiger partial charge in [-0.2, -0.15) is 0 Å². The lowest BCUT2D eigenvalue weighted by molar-refractivity contribution is 0.599. The number of hydrogen-bond donors (Lipinski definition) is 1. The van der Waals surface area contributed by atoms with E-state index in [1.807, 2.05) is 0 Å². The number of rotatable bonds is 3. The van der Waals surface area contributed by atoms with Crippen molar-refractivity contribution in [1.29, 1.82) is 0 Å². The van der Waals surface area contributed by atoms with Crippen LogP contribution < -0.4 is 10.0 Å². The van der Waals surface area contributed by atoms with Gasteiger partial charge in [-0.05, 0) is 23.8 Å². The lowest BCUT2D eigenvalue weighted by Crippen LogP contribution is -2.26. The maximum atomic E-state index is 12.9. The molecule has 0 spiro atoms. The SMILES string of the molecule is CN(c1ccc(F)cc1CN)S(C)(=O)=O.Cl. The van der Waals surface area contributed by atoms with E-state index in [4.69, 9.17) is 5.73 Å². The summed E-state index contributed by atoms with van der Waals surface area (Å²) in [7, 11) is -1.94. The highest BCUT2D eigenvalue weighted by Crippen LogP contribution is 2.21. The second-order valence-corrected chi connectivity index (χ2v) is 5.22. The van der Waals surface area contributed by atoms with Gasteiger partial charge >= 0.3 is 0 Å². The Labute approximate surface area is 101 Å². The number of halogens is 2. The Morgan fingerprint density at radius 3 is 2.44 bits per heavy atom. The Hall–Kier alpha value is -0.850. The van der Waals surface area contributed by atoms with Gasteiger partial charge in [0.25, 0.3) is 0 Å². The molecule has 1 aromatic carbocycles. The Kier molecular flexibility index (Phi) is 5.18. The fraction of sp³-hybridized carbons (Fsp3) is 0.333. The van der Waals surface area contributed by atoms with Crippen LogP contribution in [0.5, 0.6) is 0 Å². The summed E-state index contributed by atoms with van der Waals surface area (Å²) in [4.78, 5) is 0. The first-order valence-corrected chi connectivity index (χ1v) is 6.13. The molecule has 0 aromatic heterocycles. The minimum Gasteiger partial charge on any atom is -0.326 e. The van der Waals surface area contributed by atoms with Gasteiger partial charge in [-0.25, -0.2) is 12.8 Å². The van der Waals surface area contributed by atoms with Crippen LogP contribution in [0, 0.1) is 5.82 Å². The van der Waals surface area contributed by atoms with Gasteiger partial charge in [0, 0.05) is 13.6 Å². The molecule has 2 N–H and O–H groups in total. The molecule has 92 valence electrons. The van der Waals surface area contributed by atoms with Crippen molar-refractivity contribution in [2.24, 2.45) is 5.73 Å². The lowest BCUT2D eigenvalue weighted by Gasteiger charge is -2.19. The third kappa shape index (κ3) is 3.33. The van der Waals surface area contributed by atoms with Crippen molar-refractivity contribution in [2.45, 2.75) is 6.54 Å². The molecule has 16 heavy (non-hydrogen) atoms. The van der Waals surface area contributed by atoms with Gasteiger partial charge in [0.05, 0.1) is 11.9 Å². The Bertz CT molecular complexity index is 465. The zero-order valence-corrected chi connectivity index (χ0v) is 10.6. The van der Waals surface area contributed by atoms with Crippen molar-refractivity contribution in [3.63, 3.8) is 0 Å². The molecule has 1 aromatic rings. The Morgan fingerprint density at radius 2 is 2.00 bits per heavy atom. The molecule has 0 saturated heterocycles.